The molecule has 0 heterocycles. The van der Waals surface area contributed by atoms with Gasteiger partial charge in [0.15, 0.2) is 0 Å². The second-order valence-electron chi connectivity index (χ2n) is 5.78. The number of anilines is 1. The predicted molar refractivity (Wildman–Crippen MR) is 103 cm³/mol. The minimum absolute atomic E-state index is 0.0345. The number of para-hydroxylation sites is 1. The van der Waals surface area contributed by atoms with Crippen LogP contribution >= 0.6 is 15.9 Å². The first kappa shape index (κ1) is 16.7. The Bertz CT molecular complexity index is 744. The summed E-state index contributed by atoms with van der Waals surface area (Å²) in [6.45, 7) is 0. The minimum Gasteiger partial charge on any atom is -0.388 e. The molecule has 2 nitrogen and oxygen atoms in total. The number of halogens is 1. The summed E-state index contributed by atoms with van der Waals surface area (Å²) in [5.41, 5.74) is 3.14. The van der Waals surface area contributed by atoms with Crippen molar-refractivity contribution in [1.82, 2.24) is 0 Å². The second-order valence-corrected chi connectivity index (χ2v) is 6.69. The summed E-state index contributed by atoms with van der Waals surface area (Å²) >= 11 is 3.43. The molecule has 0 radical (unpaired) electrons. The van der Waals surface area contributed by atoms with Crippen molar-refractivity contribution in [3.63, 3.8) is 0 Å². The molecule has 0 spiro atoms. The van der Waals surface area contributed by atoms with E-state index in [4.69, 9.17) is 0 Å². The first-order valence-electron chi connectivity index (χ1n) is 8.02. The molecule has 3 aromatic rings. The highest BCUT2D eigenvalue weighted by Crippen LogP contribution is 2.30. The lowest BCUT2D eigenvalue weighted by atomic mass is 9.96. The Morgan fingerprint density at radius 2 is 1.33 bits per heavy atom. The Balaban J connectivity index is 1.80. The first-order valence-corrected chi connectivity index (χ1v) is 8.82. The monoisotopic (exact) mass is 381 g/mol. The molecule has 0 bridgehead atoms. The van der Waals surface area contributed by atoms with Crippen LogP contribution < -0.4 is 5.32 Å². The topological polar surface area (TPSA) is 32.3 Å². The third kappa shape index (κ3) is 4.47. The average Bonchev–Trinajstić information content (AvgIpc) is 2.63. The van der Waals surface area contributed by atoms with Crippen molar-refractivity contribution in [2.75, 3.05) is 5.32 Å². The van der Waals surface area contributed by atoms with Crippen LogP contribution in [0.15, 0.2) is 89.4 Å². The lowest BCUT2D eigenvalue weighted by Gasteiger charge is -2.23. The summed E-state index contributed by atoms with van der Waals surface area (Å²) in [5.74, 6) is 0. The van der Waals surface area contributed by atoms with Crippen molar-refractivity contribution in [1.29, 1.82) is 0 Å². The number of aliphatic hydroxyl groups excluding tert-OH is 1. The van der Waals surface area contributed by atoms with E-state index in [-0.39, 0.29) is 6.04 Å². The Hall–Kier alpha value is -2.10. The highest BCUT2D eigenvalue weighted by Gasteiger charge is 2.17. The third-order valence-corrected chi connectivity index (χ3v) is 4.56. The van der Waals surface area contributed by atoms with Crippen molar-refractivity contribution in [3.8, 4) is 0 Å². The fourth-order valence-electron chi connectivity index (χ4n) is 2.74. The maximum Gasteiger partial charge on any atom is 0.0813 e. The molecule has 2 N–H and O–H groups in total. The summed E-state index contributed by atoms with van der Waals surface area (Å²) in [5, 5.41) is 14.2. The van der Waals surface area contributed by atoms with Gasteiger partial charge in [-0.15, -0.1) is 0 Å². The van der Waals surface area contributed by atoms with E-state index < -0.39 is 6.10 Å². The SMILES string of the molecule is OC(CC(Nc1ccccc1)c1ccccc1)c1ccc(Br)cc1. The number of nitrogens with one attached hydrogen (secondary N) is 1. The van der Waals surface area contributed by atoms with E-state index in [9.17, 15) is 5.11 Å². The van der Waals surface area contributed by atoms with Gasteiger partial charge in [-0.05, 0) is 35.4 Å². The van der Waals surface area contributed by atoms with Crippen LogP contribution in [0.5, 0.6) is 0 Å². The number of hydrogen-bond donors (Lipinski definition) is 2. The van der Waals surface area contributed by atoms with Gasteiger partial charge >= 0.3 is 0 Å². The van der Waals surface area contributed by atoms with Crippen LogP contribution in [-0.2, 0) is 0 Å². The van der Waals surface area contributed by atoms with Gasteiger partial charge in [-0.1, -0.05) is 76.6 Å². The maximum atomic E-state index is 10.7. The molecule has 2 atom stereocenters. The molecule has 0 amide bonds. The van der Waals surface area contributed by atoms with Crippen molar-refractivity contribution < 1.29 is 5.11 Å². The third-order valence-electron chi connectivity index (χ3n) is 4.03. The number of aliphatic hydroxyl groups is 1. The van der Waals surface area contributed by atoms with Gasteiger partial charge < -0.3 is 10.4 Å². The molecule has 0 saturated heterocycles. The van der Waals surface area contributed by atoms with Gasteiger partial charge in [0.25, 0.3) is 0 Å². The van der Waals surface area contributed by atoms with Gasteiger partial charge in [0, 0.05) is 16.6 Å². The summed E-state index contributed by atoms with van der Waals surface area (Å²) in [7, 11) is 0. The van der Waals surface area contributed by atoms with Crippen LogP contribution in [0.4, 0.5) is 5.69 Å². The summed E-state index contributed by atoms with van der Waals surface area (Å²) in [4.78, 5) is 0. The summed E-state index contributed by atoms with van der Waals surface area (Å²) in [6, 6.07) is 28.2. The Morgan fingerprint density at radius 3 is 1.96 bits per heavy atom. The van der Waals surface area contributed by atoms with E-state index in [1.165, 1.54) is 0 Å². The molecule has 0 fully saturated rings. The molecule has 122 valence electrons. The lowest BCUT2D eigenvalue weighted by Crippen LogP contribution is -2.14. The van der Waals surface area contributed by atoms with E-state index >= 15 is 0 Å². The molecule has 24 heavy (non-hydrogen) atoms. The highest BCUT2D eigenvalue weighted by molar-refractivity contribution is 9.10. The zero-order valence-electron chi connectivity index (χ0n) is 13.3. The Morgan fingerprint density at radius 1 is 0.750 bits per heavy atom. The fraction of sp³-hybridized carbons (Fsp3) is 0.143. The van der Waals surface area contributed by atoms with Crippen molar-refractivity contribution >= 4 is 21.6 Å². The molecule has 3 rings (SSSR count). The predicted octanol–water partition coefficient (Wildman–Crippen LogP) is 5.73. The second kappa shape index (κ2) is 8.13. The van der Waals surface area contributed by atoms with E-state index in [0.29, 0.717) is 6.42 Å². The van der Waals surface area contributed by atoms with Gasteiger partial charge in [0.05, 0.1) is 12.1 Å². The molecule has 3 aromatic carbocycles. The highest BCUT2D eigenvalue weighted by atomic mass is 79.9. The number of rotatable bonds is 6. The largest absolute Gasteiger partial charge is 0.388 e. The molecule has 0 saturated carbocycles. The van der Waals surface area contributed by atoms with Crippen LogP contribution in [0.3, 0.4) is 0 Å². The van der Waals surface area contributed by atoms with Gasteiger partial charge in [0.1, 0.15) is 0 Å². The molecule has 0 aliphatic carbocycles. The quantitative estimate of drug-likeness (QED) is 0.571. The summed E-state index contributed by atoms with van der Waals surface area (Å²) in [6.07, 6.45) is 0.0695. The minimum atomic E-state index is -0.528. The Kier molecular flexibility index (Phi) is 5.68. The number of benzene rings is 3. The van der Waals surface area contributed by atoms with Crippen LogP contribution in [0.2, 0.25) is 0 Å². The van der Waals surface area contributed by atoms with Crippen LogP contribution in [0.25, 0.3) is 0 Å². The molecular weight excluding hydrogens is 362 g/mol. The zero-order valence-corrected chi connectivity index (χ0v) is 14.9. The summed E-state index contributed by atoms with van der Waals surface area (Å²) < 4.78 is 1.01. The average molecular weight is 382 g/mol. The van der Waals surface area contributed by atoms with E-state index in [2.05, 4.69) is 33.4 Å². The van der Waals surface area contributed by atoms with Crippen LogP contribution in [0.1, 0.15) is 29.7 Å². The van der Waals surface area contributed by atoms with Gasteiger partial charge in [-0.25, -0.2) is 0 Å². The van der Waals surface area contributed by atoms with E-state index in [1.807, 2.05) is 72.8 Å². The van der Waals surface area contributed by atoms with Gasteiger partial charge in [-0.3, -0.25) is 0 Å². The first-order chi connectivity index (χ1) is 11.7. The van der Waals surface area contributed by atoms with Crippen molar-refractivity contribution in [2.24, 2.45) is 0 Å². The molecule has 0 aromatic heterocycles. The maximum absolute atomic E-state index is 10.7. The normalized spacial score (nSPS) is 13.2. The molecule has 0 aliphatic rings. The fourth-order valence-corrected chi connectivity index (χ4v) is 3.01. The molecule has 3 heteroatoms. The van der Waals surface area contributed by atoms with Crippen LogP contribution in [-0.4, -0.2) is 5.11 Å². The molecule has 0 aliphatic heterocycles. The lowest BCUT2D eigenvalue weighted by molar-refractivity contribution is 0.160. The zero-order chi connectivity index (χ0) is 16.8. The number of hydrogen-bond acceptors (Lipinski definition) is 2. The molecule has 2 unspecified atom stereocenters. The van der Waals surface area contributed by atoms with E-state index in [1.54, 1.807) is 0 Å². The van der Waals surface area contributed by atoms with Crippen LogP contribution in [0, 0.1) is 0 Å². The van der Waals surface area contributed by atoms with Gasteiger partial charge in [-0.2, -0.15) is 0 Å². The Labute approximate surface area is 151 Å². The van der Waals surface area contributed by atoms with Crippen molar-refractivity contribution in [3.05, 3.63) is 101 Å². The van der Waals surface area contributed by atoms with Crippen molar-refractivity contribution in [2.45, 2.75) is 18.6 Å². The van der Waals surface area contributed by atoms with E-state index in [0.717, 1.165) is 21.3 Å². The standard InChI is InChI=1S/C21H20BrNO/c22-18-13-11-17(12-14-18)21(24)15-20(16-7-3-1-4-8-16)23-19-9-5-2-6-10-19/h1-14,20-21,23-24H,15H2. The molecular formula is C21H20BrNO. The smallest absolute Gasteiger partial charge is 0.0813 e. The van der Waals surface area contributed by atoms with Gasteiger partial charge in [0.2, 0.25) is 0 Å².